The van der Waals surface area contributed by atoms with E-state index in [4.69, 9.17) is 11.6 Å². The van der Waals surface area contributed by atoms with Crippen LogP contribution in [0, 0.1) is 20.8 Å². The molecule has 5 heteroatoms. The monoisotopic (exact) mass is 325 g/mol. The van der Waals surface area contributed by atoms with Crippen molar-refractivity contribution in [3.05, 3.63) is 44.8 Å². The summed E-state index contributed by atoms with van der Waals surface area (Å²) < 4.78 is 1.05. The molecule has 0 aliphatic heterocycles. The normalized spacial score (nSPS) is 10.5. The first-order chi connectivity index (χ1) is 8.47. The zero-order valence-corrected chi connectivity index (χ0v) is 12.7. The van der Waals surface area contributed by atoms with E-state index in [2.05, 4.69) is 31.2 Å². The van der Waals surface area contributed by atoms with Crippen molar-refractivity contribution in [2.75, 3.05) is 5.32 Å². The Hall–Kier alpha value is -1.13. The molecule has 0 radical (unpaired) electrons. The molecule has 0 fully saturated rings. The molecule has 2 rings (SSSR count). The van der Waals surface area contributed by atoms with E-state index in [0.717, 1.165) is 27.1 Å². The first-order valence-electron chi connectivity index (χ1n) is 5.51. The summed E-state index contributed by atoms with van der Waals surface area (Å²) in [6.45, 7) is 5.77. The highest BCUT2D eigenvalue weighted by molar-refractivity contribution is 9.10. The molecule has 1 aromatic heterocycles. The fourth-order valence-corrected chi connectivity index (χ4v) is 2.30. The molecule has 0 saturated carbocycles. The minimum Gasteiger partial charge on any atom is -0.340 e. The molecule has 1 heterocycles. The molecular weight excluding hydrogens is 314 g/mol. The third-order valence-corrected chi connectivity index (χ3v) is 3.50. The maximum Gasteiger partial charge on any atom is 0.138 e. The Balaban J connectivity index is 2.40. The highest BCUT2D eigenvalue weighted by Gasteiger charge is 2.08. The van der Waals surface area contributed by atoms with E-state index in [-0.39, 0.29) is 0 Å². The van der Waals surface area contributed by atoms with Crippen molar-refractivity contribution < 1.29 is 0 Å². The average molecular weight is 327 g/mol. The van der Waals surface area contributed by atoms with E-state index >= 15 is 0 Å². The van der Waals surface area contributed by atoms with Crippen molar-refractivity contribution >= 4 is 39.0 Å². The second kappa shape index (κ2) is 5.24. The van der Waals surface area contributed by atoms with Gasteiger partial charge in [-0.3, -0.25) is 0 Å². The van der Waals surface area contributed by atoms with Gasteiger partial charge in [-0.2, -0.15) is 0 Å². The van der Waals surface area contributed by atoms with E-state index in [1.54, 1.807) is 0 Å². The van der Waals surface area contributed by atoms with Crippen molar-refractivity contribution in [1.82, 2.24) is 9.97 Å². The molecule has 0 spiro atoms. The number of aryl methyl sites for hydroxylation is 2. The minimum absolute atomic E-state index is 0.486. The molecular formula is C13H13BrClN3. The van der Waals surface area contributed by atoms with Crippen molar-refractivity contribution in [2.24, 2.45) is 0 Å². The minimum atomic E-state index is 0.486. The van der Waals surface area contributed by atoms with Crippen LogP contribution in [0.1, 0.15) is 17.0 Å². The van der Waals surface area contributed by atoms with Gasteiger partial charge in [0.25, 0.3) is 0 Å². The molecule has 2 aromatic rings. The molecule has 1 N–H and O–H groups in total. The number of hydrogen-bond donors (Lipinski definition) is 1. The average Bonchev–Trinajstić information content (AvgIpc) is 2.29. The van der Waals surface area contributed by atoms with Gasteiger partial charge in [0.1, 0.15) is 16.8 Å². The Morgan fingerprint density at radius 1 is 1.17 bits per heavy atom. The fourth-order valence-electron chi connectivity index (χ4n) is 1.61. The molecule has 0 unspecified atom stereocenters. The van der Waals surface area contributed by atoms with E-state index in [1.165, 1.54) is 0 Å². The van der Waals surface area contributed by atoms with Crippen molar-refractivity contribution in [3.8, 4) is 0 Å². The molecule has 18 heavy (non-hydrogen) atoms. The smallest absolute Gasteiger partial charge is 0.138 e. The number of rotatable bonds is 2. The number of nitrogens with one attached hydrogen (secondary N) is 1. The van der Waals surface area contributed by atoms with E-state index in [1.807, 2.05) is 39.0 Å². The summed E-state index contributed by atoms with van der Waals surface area (Å²) in [5, 5.41) is 3.78. The van der Waals surface area contributed by atoms with Gasteiger partial charge < -0.3 is 5.32 Å². The summed E-state index contributed by atoms with van der Waals surface area (Å²) in [4.78, 5) is 8.49. The van der Waals surface area contributed by atoms with Crippen LogP contribution in [0.4, 0.5) is 11.5 Å². The van der Waals surface area contributed by atoms with Crippen LogP contribution in [0.2, 0.25) is 5.15 Å². The van der Waals surface area contributed by atoms with E-state index < -0.39 is 0 Å². The van der Waals surface area contributed by atoms with Gasteiger partial charge in [-0.1, -0.05) is 27.5 Å². The molecule has 0 atom stereocenters. The number of benzene rings is 1. The van der Waals surface area contributed by atoms with Crippen LogP contribution in [-0.4, -0.2) is 9.97 Å². The molecule has 0 amide bonds. The second-order valence-corrected chi connectivity index (χ2v) is 5.39. The summed E-state index contributed by atoms with van der Waals surface area (Å²) in [6, 6.07) is 6.04. The third-order valence-electron chi connectivity index (χ3n) is 2.64. The Kier molecular flexibility index (Phi) is 3.88. The lowest BCUT2D eigenvalue weighted by Gasteiger charge is -2.12. The first-order valence-corrected chi connectivity index (χ1v) is 6.68. The van der Waals surface area contributed by atoms with Gasteiger partial charge in [-0.15, -0.1) is 0 Å². The first kappa shape index (κ1) is 13.3. The lowest BCUT2D eigenvalue weighted by atomic mass is 10.2. The molecule has 1 aromatic carbocycles. The Morgan fingerprint density at radius 3 is 2.56 bits per heavy atom. The molecule has 0 saturated heterocycles. The number of nitrogens with zero attached hydrogens (tertiary/aromatic N) is 2. The van der Waals surface area contributed by atoms with Crippen LogP contribution >= 0.6 is 27.5 Å². The van der Waals surface area contributed by atoms with Gasteiger partial charge >= 0.3 is 0 Å². The standard InChI is InChI=1S/C13H13BrClN3/c1-7-6-10(14)4-5-11(7)18-13-8(2)12(15)16-9(3)17-13/h4-6H,1-3H3,(H,16,17,18). The Bertz CT molecular complexity index is 599. The molecule has 0 aliphatic carbocycles. The summed E-state index contributed by atoms with van der Waals surface area (Å²) in [5.41, 5.74) is 3.00. The Labute approximate surface area is 120 Å². The van der Waals surface area contributed by atoms with Crippen molar-refractivity contribution in [1.29, 1.82) is 0 Å². The van der Waals surface area contributed by atoms with E-state index in [0.29, 0.717) is 11.0 Å². The predicted molar refractivity (Wildman–Crippen MR) is 78.7 cm³/mol. The van der Waals surface area contributed by atoms with Crippen LogP contribution in [0.25, 0.3) is 0 Å². The number of anilines is 2. The topological polar surface area (TPSA) is 37.8 Å². The molecule has 3 nitrogen and oxygen atoms in total. The number of aromatic nitrogens is 2. The Morgan fingerprint density at radius 2 is 1.89 bits per heavy atom. The molecule has 0 bridgehead atoms. The summed E-state index contributed by atoms with van der Waals surface area (Å²) in [5.74, 6) is 1.40. The summed E-state index contributed by atoms with van der Waals surface area (Å²) in [6.07, 6.45) is 0. The van der Waals surface area contributed by atoms with Gasteiger partial charge in [0.2, 0.25) is 0 Å². The number of hydrogen-bond acceptors (Lipinski definition) is 3. The fraction of sp³-hybridized carbons (Fsp3) is 0.231. The molecule has 94 valence electrons. The van der Waals surface area contributed by atoms with Gasteiger partial charge in [0, 0.05) is 15.7 Å². The van der Waals surface area contributed by atoms with E-state index in [9.17, 15) is 0 Å². The van der Waals surface area contributed by atoms with Gasteiger partial charge in [0.15, 0.2) is 0 Å². The SMILES string of the molecule is Cc1nc(Cl)c(C)c(Nc2ccc(Br)cc2C)n1. The third kappa shape index (κ3) is 2.82. The zero-order chi connectivity index (χ0) is 13.3. The quantitative estimate of drug-likeness (QED) is 0.822. The number of halogens is 2. The van der Waals surface area contributed by atoms with Crippen LogP contribution < -0.4 is 5.32 Å². The van der Waals surface area contributed by atoms with Gasteiger partial charge in [0.05, 0.1) is 0 Å². The second-order valence-electron chi connectivity index (χ2n) is 4.12. The molecule has 0 aliphatic rings. The largest absolute Gasteiger partial charge is 0.340 e. The van der Waals surface area contributed by atoms with Crippen LogP contribution in [0.3, 0.4) is 0 Å². The van der Waals surface area contributed by atoms with Crippen LogP contribution in [0.5, 0.6) is 0 Å². The van der Waals surface area contributed by atoms with Crippen molar-refractivity contribution in [2.45, 2.75) is 20.8 Å². The lowest BCUT2D eigenvalue weighted by Crippen LogP contribution is -2.02. The van der Waals surface area contributed by atoms with Crippen LogP contribution in [-0.2, 0) is 0 Å². The zero-order valence-electron chi connectivity index (χ0n) is 10.4. The summed E-state index contributed by atoms with van der Waals surface area (Å²) in [7, 11) is 0. The van der Waals surface area contributed by atoms with Gasteiger partial charge in [-0.25, -0.2) is 9.97 Å². The summed E-state index contributed by atoms with van der Waals surface area (Å²) >= 11 is 9.50. The van der Waals surface area contributed by atoms with Crippen molar-refractivity contribution in [3.63, 3.8) is 0 Å². The lowest BCUT2D eigenvalue weighted by molar-refractivity contribution is 1.04. The van der Waals surface area contributed by atoms with Gasteiger partial charge in [-0.05, 0) is 44.5 Å². The van der Waals surface area contributed by atoms with Crippen LogP contribution in [0.15, 0.2) is 22.7 Å². The maximum absolute atomic E-state index is 6.05. The maximum atomic E-state index is 6.05. The predicted octanol–water partition coefficient (Wildman–Crippen LogP) is 4.56. The highest BCUT2D eigenvalue weighted by Crippen LogP contribution is 2.26. The highest BCUT2D eigenvalue weighted by atomic mass is 79.9.